The lowest BCUT2D eigenvalue weighted by atomic mass is 9.99. The summed E-state index contributed by atoms with van der Waals surface area (Å²) >= 11 is 0. The van der Waals surface area contributed by atoms with Crippen molar-refractivity contribution >= 4 is 39.5 Å². The molecule has 0 saturated carbocycles. The number of carbonyl (C=O) groups excluding carboxylic acids is 4. The Balaban J connectivity index is 5.25. The van der Waals surface area contributed by atoms with Crippen LogP contribution < -0.4 is 0 Å². The molecule has 6 atom stereocenters. The molecule has 0 spiro atoms. The summed E-state index contributed by atoms with van der Waals surface area (Å²) < 4.78 is 68.3. The van der Waals surface area contributed by atoms with E-state index in [9.17, 15) is 43.2 Å². The molecule has 3 unspecified atom stereocenters. The van der Waals surface area contributed by atoms with E-state index in [-0.39, 0.29) is 25.7 Å². The lowest BCUT2D eigenvalue weighted by molar-refractivity contribution is -0.161. The van der Waals surface area contributed by atoms with Crippen LogP contribution in [-0.4, -0.2) is 96.7 Å². The SMILES string of the molecule is CCCCCCCCCCCCCCC(=O)O[C@H](COC(=O)CCCCCCCCC(C)C)COP(=O)(O)OC[C@H](O)COP(=O)(O)OC[C@@H](COC(=O)CCCCCCCCCCCCC(C)CC)OC(=O)CCCCCCCCCCCCCC(C)C. The van der Waals surface area contributed by atoms with Crippen LogP contribution in [0.1, 0.15) is 350 Å². The van der Waals surface area contributed by atoms with Gasteiger partial charge in [0.15, 0.2) is 12.2 Å². The average Bonchev–Trinajstić information content (AvgIpc) is 3.71. The molecular weight excluding hydrogens is 1170 g/mol. The second-order valence-electron chi connectivity index (χ2n) is 26.5. The molecule has 0 heterocycles. The predicted octanol–water partition coefficient (Wildman–Crippen LogP) is 19.8. The number of aliphatic hydroxyl groups is 1. The number of unbranched alkanes of at least 4 members (excludes halogenated alkanes) is 35. The van der Waals surface area contributed by atoms with Gasteiger partial charge in [0.05, 0.1) is 26.4 Å². The van der Waals surface area contributed by atoms with Crippen molar-refractivity contribution in [1.82, 2.24) is 0 Å². The maximum absolute atomic E-state index is 13.0. The summed E-state index contributed by atoms with van der Waals surface area (Å²) in [6, 6.07) is 0. The van der Waals surface area contributed by atoms with Gasteiger partial charge in [0.25, 0.3) is 0 Å². The van der Waals surface area contributed by atoms with Crippen LogP contribution in [0.2, 0.25) is 0 Å². The molecule has 0 amide bonds. The fraction of sp³-hybridized carbons (Fsp3) is 0.943. The van der Waals surface area contributed by atoms with Gasteiger partial charge in [-0.15, -0.1) is 0 Å². The van der Waals surface area contributed by atoms with Gasteiger partial charge in [0, 0.05) is 25.7 Å². The molecule has 89 heavy (non-hydrogen) atoms. The molecule has 0 rings (SSSR count). The second kappa shape index (κ2) is 61.0. The molecule has 0 aliphatic carbocycles. The Hall–Kier alpha value is -1.94. The van der Waals surface area contributed by atoms with E-state index < -0.39 is 97.5 Å². The number of aliphatic hydroxyl groups excluding tert-OH is 1. The molecule has 0 fully saturated rings. The fourth-order valence-corrected chi connectivity index (χ4v) is 12.1. The number of esters is 4. The minimum atomic E-state index is -4.95. The van der Waals surface area contributed by atoms with E-state index in [4.69, 9.17) is 37.0 Å². The highest BCUT2D eigenvalue weighted by molar-refractivity contribution is 7.47. The molecule has 0 aliphatic rings. The Bertz CT molecular complexity index is 1750. The Morgan fingerprint density at radius 2 is 0.573 bits per heavy atom. The molecular formula is C70H136O17P2. The first kappa shape index (κ1) is 87.1. The van der Waals surface area contributed by atoms with Gasteiger partial charge in [0.2, 0.25) is 0 Å². The van der Waals surface area contributed by atoms with Gasteiger partial charge in [0.1, 0.15) is 19.3 Å². The molecule has 0 bridgehead atoms. The molecule has 0 aromatic heterocycles. The van der Waals surface area contributed by atoms with Crippen molar-refractivity contribution in [3.05, 3.63) is 0 Å². The number of phosphoric ester groups is 2. The first-order valence-corrected chi connectivity index (χ1v) is 39.4. The molecule has 0 saturated heterocycles. The van der Waals surface area contributed by atoms with Crippen molar-refractivity contribution in [2.75, 3.05) is 39.6 Å². The summed E-state index contributed by atoms with van der Waals surface area (Å²) in [6.07, 6.45) is 44.4. The van der Waals surface area contributed by atoms with Gasteiger partial charge in [-0.3, -0.25) is 37.3 Å². The third kappa shape index (κ3) is 63.2. The number of phosphoric acid groups is 2. The smallest absolute Gasteiger partial charge is 0.462 e. The van der Waals surface area contributed by atoms with E-state index >= 15 is 0 Å². The molecule has 3 N–H and O–H groups in total. The van der Waals surface area contributed by atoms with E-state index in [1.54, 1.807) is 0 Å². The third-order valence-corrected chi connectivity index (χ3v) is 18.4. The largest absolute Gasteiger partial charge is 0.472 e. The zero-order valence-corrected chi connectivity index (χ0v) is 59.7. The van der Waals surface area contributed by atoms with E-state index in [1.165, 1.54) is 154 Å². The number of rotatable bonds is 68. The number of hydrogen-bond acceptors (Lipinski definition) is 15. The third-order valence-electron chi connectivity index (χ3n) is 16.5. The molecule has 19 heteroatoms. The van der Waals surface area contributed by atoms with Crippen molar-refractivity contribution in [3.8, 4) is 0 Å². The topological polar surface area (TPSA) is 237 Å². The van der Waals surface area contributed by atoms with Crippen molar-refractivity contribution in [3.63, 3.8) is 0 Å². The summed E-state index contributed by atoms with van der Waals surface area (Å²) in [7, 11) is -9.90. The van der Waals surface area contributed by atoms with Crippen LogP contribution in [0.3, 0.4) is 0 Å². The predicted molar refractivity (Wildman–Crippen MR) is 358 cm³/mol. The lowest BCUT2D eigenvalue weighted by Crippen LogP contribution is -2.30. The minimum Gasteiger partial charge on any atom is -0.462 e. The Kier molecular flexibility index (Phi) is 59.6. The molecule has 0 aromatic carbocycles. The second-order valence-corrected chi connectivity index (χ2v) is 29.4. The highest BCUT2D eigenvalue weighted by Gasteiger charge is 2.30. The van der Waals surface area contributed by atoms with Crippen molar-refractivity contribution in [2.45, 2.75) is 369 Å². The van der Waals surface area contributed by atoms with Gasteiger partial charge in [-0.2, -0.15) is 0 Å². The fourth-order valence-electron chi connectivity index (χ4n) is 10.5. The molecule has 0 aromatic rings. The molecule has 0 aliphatic heterocycles. The molecule has 0 radical (unpaired) electrons. The lowest BCUT2D eigenvalue weighted by Gasteiger charge is -2.21. The van der Waals surface area contributed by atoms with Crippen LogP contribution in [-0.2, 0) is 65.4 Å². The van der Waals surface area contributed by atoms with Gasteiger partial charge < -0.3 is 33.8 Å². The number of ether oxygens (including phenoxy) is 4. The van der Waals surface area contributed by atoms with E-state index in [2.05, 4.69) is 48.5 Å². The monoisotopic (exact) mass is 1310 g/mol. The number of hydrogen-bond donors (Lipinski definition) is 3. The highest BCUT2D eigenvalue weighted by atomic mass is 31.2. The first-order valence-electron chi connectivity index (χ1n) is 36.4. The summed E-state index contributed by atoms with van der Waals surface area (Å²) in [5.74, 6) is 0.128. The zero-order chi connectivity index (χ0) is 65.9. The van der Waals surface area contributed by atoms with E-state index in [0.717, 1.165) is 108 Å². The zero-order valence-electron chi connectivity index (χ0n) is 57.9. The maximum Gasteiger partial charge on any atom is 0.472 e. The van der Waals surface area contributed by atoms with Crippen LogP contribution in [0.4, 0.5) is 0 Å². The maximum atomic E-state index is 13.0. The van der Waals surface area contributed by atoms with Crippen LogP contribution in [0, 0.1) is 17.8 Å². The normalized spacial score (nSPS) is 14.5. The molecule has 528 valence electrons. The van der Waals surface area contributed by atoms with Crippen molar-refractivity contribution in [2.24, 2.45) is 17.8 Å². The Morgan fingerprint density at radius 3 is 0.854 bits per heavy atom. The van der Waals surface area contributed by atoms with Gasteiger partial charge in [-0.25, -0.2) is 9.13 Å². The summed E-state index contributed by atoms with van der Waals surface area (Å²) in [5, 5.41) is 10.6. The summed E-state index contributed by atoms with van der Waals surface area (Å²) in [6.45, 7) is 11.8. The molecule has 17 nitrogen and oxygen atoms in total. The van der Waals surface area contributed by atoms with Gasteiger partial charge >= 0.3 is 39.5 Å². The van der Waals surface area contributed by atoms with Crippen LogP contribution in [0.15, 0.2) is 0 Å². The quantitative estimate of drug-likeness (QED) is 0.0222. The average molecular weight is 1310 g/mol. The first-order chi connectivity index (χ1) is 42.8. The Labute approximate surface area is 543 Å². The highest BCUT2D eigenvalue weighted by Crippen LogP contribution is 2.45. The van der Waals surface area contributed by atoms with Gasteiger partial charge in [-0.05, 0) is 43.4 Å². The number of carbonyl (C=O) groups is 4. The van der Waals surface area contributed by atoms with Crippen molar-refractivity contribution < 1.29 is 80.2 Å². The summed E-state index contributed by atoms with van der Waals surface area (Å²) in [4.78, 5) is 72.5. The van der Waals surface area contributed by atoms with E-state index in [0.29, 0.717) is 31.6 Å². The van der Waals surface area contributed by atoms with Crippen LogP contribution in [0.5, 0.6) is 0 Å². The van der Waals surface area contributed by atoms with Crippen LogP contribution in [0.25, 0.3) is 0 Å². The van der Waals surface area contributed by atoms with Gasteiger partial charge in [-0.1, -0.05) is 299 Å². The Morgan fingerprint density at radius 1 is 0.326 bits per heavy atom. The minimum absolute atomic E-state index is 0.106. The van der Waals surface area contributed by atoms with Crippen LogP contribution >= 0.6 is 15.6 Å². The van der Waals surface area contributed by atoms with Crippen molar-refractivity contribution in [1.29, 1.82) is 0 Å². The van der Waals surface area contributed by atoms with E-state index in [1.807, 2.05) is 0 Å². The standard InChI is InChI=1S/C70H136O17P2/c1-8-10-11-12-13-14-15-18-25-30-39-46-53-69(74)87-66(58-81-68(73)52-45-38-33-32-35-42-49-62(5)6)60-85-89(78,79)83-56-64(71)55-82-88(76,77)84-59-65(86-70(75)54-47-40-31-26-19-16-17-22-27-34-41-48-61(3)4)57-80-67(72)51-44-37-29-24-21-20-23-28-36-43-50-63(7)9-2/h61-66,71H,8-60H2,1-7H3,(H,76,77)(H,78,79)/t63?,64-,65-,66-/m1/s1. The summed E-state index contributed by atoms with van der Waals surface area (Å²) in [5.41, 5.74) is 0.